The van der Waals surface area contributed by atoms with Crippen molar-refractivity contribution >= 4 is 61.3 Å². The highest BCUT2D eigenvalue weighted by atomic mass is 15.2. The Balaban J connectivity index is 1.24. The summed E-state index contributed by atoms with van der Waals surface area (Å²) in [4.78, 5) is 10.0. The fraction of sp³-hybridized carbons (Fsp3) is 0.0364. The first-order valence-corrected chi connectivity index (χ1v) is 20.1. The lowest BCUT2D eigenvalue weighted by molar-refractivity contribution is 0.946. The van der Waals surface area contributed by atoms with E-state index in [0.717, 1.165) is 45.8 Å². The first-order chi connectivity index (χ1) is 28.8. The predicted octanol–water partition coefficient (Wildman–Crippen LogP) is 14.1. The maximum Gasteiger partial charge on any atom is 0.138 e. The van der Waals surface area contributed by atoms with Crippen LogP contribution in [0.25, 0.3) is 43.8 Å². The normalized spacial score (nSPS) is 14.2. The zero-order valence-corrected chi connectivity index (χ0v) is 31.9. The summed E-state index contributed by atoms with van der Waals surface area (Å²) in [6.07, 6.45) is 7.82. The molecule has 2 aliphatic carbocycles. The highest BCUT2D eigenvalue weighted by Gasteiger charge is 2.35. The third kappa shape index (κ3) is 5.71. The smallest absolute Gasteiger partial charge is 0.138 e. The Morgan fingerprint density at radius 1 is 0.500 bits per heavy atom. The molecule has 1 aromatic heterocycles. The summed E-state index contributed by atoms with van der Waals surface area (Å²) < 4.78 is 0. The molecule has 0 amide bonds. The van der Waals surface area contributed by atoms with Gasteiger partial charge in [-0.3, -0.25) is 4.90 Å². The molecule has 2 aliphatic rings. The largest absolute Gasteiger partial charge is 0.330 e. The van der Waals surface area contributed by atoms with Crippen LogP contribution < -0.4 is 9.80 Å². The van der Waals surface area contributed by atoms with Gasteiger partial charge in [0.25, 0.3) is 0 Å². The van der Waals surface area contributed by atoms with Crippen LogP contribution in [0.5, 0.6) is 0 Å². The number of anilines is 5. The van der Waals surface area contributed by atoms with E-state index in [2.05, 4.69) is 222 Å². The van der Waals surface area contributed by atoms with Crippen molar-refractivity contribution in [2.45, 2.75) is 12.5 Å². The van der Waals surface area contributed by atoms with Gasteiger partial charge in [-0.25, -0.2) is 4.98 Å². The molecule has 274 valence electrons. The number of hydrogen-bond acceptors (Lipinski definition) is 3. The van der Waals surface area contributed by atoms with E-state index in [-0.39, 0.29) is 6.04 Å². The molecule has 1 unspecified atom stereocenters. The van der Waals surface area contributed by atoms with Gasteiger partial charge in [-0.2, -0.15) is 0 Å². The van der Waals surface area contributed by atoms with Crippen LogP contribution in [-0.4, -0.2) is 11.0 Å². The van der Waals surface area contributed by atoms with E-state index in [4.69, 9.17) is 4.98 Å². The molecule has 9 aromatic rings. The third-order valence-corrected chi connectivity index (χ3v) is 11.8. The van der Waals surface area contributed by atoms with Gasteiger partial charge >= 0.3 is 0 Å². The van der Waals surface area contributed by atoms with E-state index in [1.165, 1.54) is 55.3 Å². The van der Waals surface area contributed by atoms with Crippen molar-refractivity contribution in [2.24, 2.45) is 0 Å². The highest BCUT2D eigenvalue weighted by molar-refractivity contribution is 6.14. The number of pyridine rings is 1. The van der Waals surface area contributed by atoms with Gasteiger partial charge < -0.3 is 4.90 Å². The van der Waals surface area contributed by atoms with E-state index >= 15 is 0 Å². The molecule has 0 N–H and O–H groups in total. The minimum Gasteiger partial charge on any atom is -0.330 e. The van der Waals surface area contributed by atoms with Crippen LogP contribution in [0.2, 0.25) is 0 Å². The summed E-state index contributed by atoms with van der Waals surface area (Å²) in [5.41, 5.74) is 14.6. The van der Waals surface area contributed by atoms with Crippen molar-refractivity contribution in [1.29, 1.82) is 0 Å². The predicted molar refractivity (Wildman–Crippen MR) is 243 cm³/mol. The quantitative estimate of drug-likeness (QED) is 0.155. The number of rotatable bonds is 8. The van der Waals surface area contributed by atoms with Gasteiger partial charge in [-0.1, -0.05) is 158 Å². The third-order valence-electron chi connectivity index (χ3n) is 11.8. The van der Waals surface area contributed by atoms with Gasteiger partial charge in [-0.05, 0) is 116 Å². The summed E-state index contributed by atoms with van der Waals surface area (Å²) in [6, 6.07) is 72.0. The van der Waals surface area contributed by atoms with Crippen LogP contribution in [0.15, 0.2) is 219 Å². The number of para-hydroxylation sites is 3. The second kappa shape index (κ2) is 14.2. The molecule has 0 spiro atoms. The number of benzene rings is 8. The molecule has 0 aliphatic heterocycles. The lowest BCUT2D eigenvalue weighted by atomic mass is 9.73. The molecule has 3 nitrogen and oxygen atoms in total. The second-order valence-electron chi connectivity index (χ2n) is 15.1. The minimum absolute atomic E-state index is 0.0672. The Morgan fingerprint density at radius 3 is 1.72 bits per heavy atom. The maximum absolute atomic E-state index is 5.16. The summed E-state index contributed by atoms with van der Waals surface area (Å²) in [5, 5.41) is 4.79. The number of aromatic nitrogens is 1. The van der Waals surface area contributed by atoms with E-state index < -0.39 is 0 Å². The number of hydrogen-bond donors (Lipinski definition) is 0. The maximum atomic E-state index is 5.16. The molecule has 0 radical (unpaired) electrons. The van der Waals surface area contributed by atoms with Gasteiger partial charge in [0.05, 0.1) is 11.7 Å². The zero-order chi connectivity index (χ0) is 38.4. The van der Waals surface area contributed by atoms with Gasteiger partial charge in [0.1, 0.15) is 5.82 Å². The van der Waals surface area contributed by atoms with Crippen LogP contribution in [0.3, 0.4) is 0 Å². The lowest BCUT2D eigenvalue weighted by Crippen LogP contribution is -2.34. The topological polar surface area (TPSA) is 19.4 Å². The molecular formula is C55H39N3. The molecule has 0 bridgehead atoms. The molecule has 1 heterocycles. The van der Waals surface area contributed by atoms with Gasteiger partial charge in [-0.15, -0.1) is 0 Å². The fourth-order valence-electron chi connectivity index (χ4n) is 9.18. The summed E-state index contributed by atoms with van der Waals surface area (Å²) in [5.74, 6) is 0.880. The molecule has 0 saturated heterocycles. The van der Waals surface area contributed by atoms with Crippen LogP contribution in [0, 0.1) is 0 Å². The molecule has 0 saturated carbocycles. The molecule has 58 heavy (non-hydrogen) atoms. The van der Waals surface area contributed by atoms with Crippen molar-refractivity contribution in [2.75, 3.05) is 9.80 Å². The lowest BCUT2D eigenvalue weighted by Gasteiger charge is -2.40. The van der Waals surface area contributed by atoms with Crippen LogP contribution in [0.1, 0.15) is 22.3 Å². The Bertz CT molecular complexity index is 2970. The second-order valence-corrected chi connectivity index (χ2v) is 15.1. The molecule has 0 fully saturated rings. The van der Waals surface area contributed by atoms with E-state index in [0.29, 0.717) is 0 Å². The standard InChI is InChI=1S/C55H39N3/c1-6-18-38(19-7-1)49-35-51(57(42-24-10-3-11-25-42)43-26-12-4-13-27-43)47-32-30-46-50(39-20-8-2-9-21-39)36-52(48-33-31-45(49)54(47)55(46)48)58(44-28-14-5-15-29-44)53-34-40-22-16-17-23-41(40)37-56-53/h1-29,31-37,51H,30H2. The zero-order valence-electron chi connectivity index (χ0n) is 31.9. The molecule has 3 heteroatoms. The monoisotopic (exact) mass is 741 g/mol. The van der Waals surface area contributed by atoms with Gasteiger partial charge in [0.2, 0.25) is 0 Å². The van der Waals surface area contributed by atoms with Crippen molar-refractivity contribution in [3.05, 3.63) is 241 Å². The molecule has 1 atom stereocenters. The first-order valence-electron chi connectivity index (χ1n) is 20.1. The van der Waals surface area contributed by atoms with Gasteiger partial charge in [0, 0.05) is 34.0 Å². The first kappa shape index (κ1) is 33.8. The molecule has 11 rings (SSSR count). The molecule has 8 aromatic carbocycles. The van der Waals surface area contributed by atoms with Crippen molar-refractivity contribution in [1.82, 2.24) is 4.98 Å². The number of fused-ring (bicyclic) bond motifs is 1. The Morgan fingerprint density at radius 2 is 1.07 bits per heavy atom. The SMILES string of the molecule is C1=C(c2ccccc2)c2ccc3c(N(c4ccccc4)c4cc5ccccc5cn4)cc(-c4ccccc4)c4c3c2C(=CC4)C1N(c1ccccc1)c1ccccc1. The van der Waals surface area contributed by atoms with Crippen molar-refractivity contribution < 1.29 is 0 Å². The number of allylic oxidation sites excluding steroid dienone is 1. The van der Waals surface area contributed by atoms with Crippen molar-refractivity contribution in [3.63, 3.8) is 0 Å². The van der Waals surface area contributed by atoms with Crippen LogP contribution in [-0.2, 0) is 6.42 Å². The average molecular weight is 742 g/mol. The summed E-state index contributed by atoms with van der Waals surface area (Å²) in [7, 11) is 0. The Kier molecular flexibility index (Phi) is 8.29. The Labute approximate surface area is 339 Å². The van der Waals surface area contributed by atoms with E-state index in [1.807, 2.05) is 6.20 Å². The van der Waals surface area contributed by atoms with Crippen molar-refractivity contribution in [3.8, 4) is 11.1 Å². The average Bonchev–Trinajstić information content (AvgIpc) is 3.30. The minimum atomic E-state index is -0.0672. The van der Waals surface area contributed by atoms with E-state index in [9.17, 15) is 0 Å². The Hall–Kier alpha value is -7.49. The molecular weight excluding hydrogens is 703 g/mol. The summed E-state index contributed by atoms with van der Waals surface area (Å²) >= 11 is 0. The fourth-order valence-corrected chi connectivity index (χ4v) is 9.18. The highest BCUT2D eigenvalue weighted by Crippen LogP contribution is 2.52. The van der Waals surface area contributed by atoms with Gasteiger partial charge in [0.15, 0.2) is 0 Å². The van der Waals surface area contributed by atoms with Crippen LogP contribution >= 0.6 is 0 Å². The van der Waals surface area contributed by atoms with E-state index in [1.54, 1.807) is 0 Å². The summed E-state index contributed by atoms with van der Waals surface area (Å²) in [6.45, 7) is 0. The van der Waals surface area contributed by atoms with Crippen LogP contribution in [0.4, 0.5) is 28.6 Å². The number of nitrogens with zero attached hydrogens (tertiary/aromatic N) is 3.